The second kappa shape index (κ2) is 7.37. The van der Waals surface area contributed by atoms with Gasteiger partial charge in [-0.25, -0.2) is 4.98 Å². The van der Waals surface area contributed by atoms with E-state index in [1.54, 1.807) is 7.11 Å². The van der Waals surface area contributed by atoms with Gasteiger partial charge in [0.2, 0.25) is 11.8 Å². The molecule has 0 aromatic carbocycles. The Bertz CT molecular complexity index is 781. The van der Waals surface area contributed by atoms with Gasteiger partial charge in [0, 0.05) is 24.1 Å². The molecule has 1 aromatic heterocycles. The average Bonchev–Trinajstić information content (AvgIpc) is 3.03. The number of amides is 2. The smallest absolute Gasteiger partial charge is 0.256 e. The van der Waals surface area contributed by atoms with Crippen molar-refractivity contribution in [2.45, 2.75) is 77.9 Å². The predicted octanol–water partition coefficient (Wildman–Crippen LogP) is 3.43. The fraction of sp³-hybridized carbons (Fsp3) is 0.682. The minimum absolute atomic E-state index is 0.0720. The van der Waals surface area contributed by atoms with Gasteiger partial charge in [0.05, 0.1) is 24.9 Å². The van der Waals surface area contributed by atoms with Crippen LogP contribution in [-0.2, 0) is 17.9 Å². The first-order valence-corrected chi connectivity index (χ1v) is 10.7. The first-order valence-electron chi connectivity index (χ1n) is 10.7. The van der Waals surface area contributed by atoms with E-state index in [0.29, 0.717) is 30.6 Å². The molecular weight excluding hydrogens is 354 g/mol. The van der Waals surface area contributed by atoms with E-state index in [-0.39, 0.29) is 23.1 Å². The van der Waals surface area contributed by atoms with E-state index in [1.165, 1.54) is 12.8 Å². The van der Waals surface area contributed by atoms with Gasteiger partial charge >= 0.3 is 0 Å². The second-order valence-electron chi connectivity index (χ2n) is 8.57. The number of hydrogen-bond acceptors (Lipinski definition) is 4. The van der Waals surface area contributed by atoms with Crippen LogP contribution in [0.15, 0.2) is 6.07 Å². The summed E-state index contributed by atoms with van der Waals surface area (Å²) in [5.41, 5.74) is 2.42. The molecule has 0 bridgehead atoms. The molecule has 6 nitrogen and oxygen atoms in total. The van der Waals surface area contributed by atoms with E-state index in [1.807, 2.05) is 11.0 Å². The summed E-state index contributed by atoms with van der Waals surface area (Å²) in [5, 5.41) is 3.05. The van der Waals surface area contributed by atoms with Crippen LogP contribution in [0.25, 0.3) is 0 Å². The van der Waals surface area contributed by atoms with Crippen molar-refractivity contribution in [3.05, 3.63) is 22.9 Å². The number of nitrogens with zero attached hydrogens (tertiary/aromatic N) is 2. The number of rotatable bonds is 7. The highest BCUT2D eigenvalue weighted by atomic mass is 16.5. The number of fused-ring (bicyclic) bond motifs is 1. The summed E-state index contributed by atoms with van der Waals surface area (Å²) in [6.45, 7) is 5.23. The highest BCUT2D eigenvalue weighted by Gasteiger charge is 2.55. The van der Waals surface area contributed by atoms with E-state index < -0.39 is 0 Å². The maximum Gasteiger partial charge on any atom is 0.256 e. The second-order valence-corrected chi connectivity index (χ2v) is 8.57. The van der Waals surface area contributed by atoms with Crippen molar-refractivity contribution in [3.8, 4) is 5.88 Å². The summed E-state index contributed by atoms with van der Waals surface area (Å²) >= 11 is 0. The van der Waals surface area contributed by atoms with Crippen LogP contribution in [0.1, 0.15) is 80.4 Å². The highest BCUT2D eigenvalue weighted by molar-refractivity contribution is 5.98. The molecule has 4 rings (SSSR count). The third-order valence-corrected chi connectivity index (χ3v) is 7.28. The van der Waals surface area contributed by atoms with Gasteiger partial charge in [0.15, 0.2) is 0 Å². The SMILES string of the molecule is CCC1(CC)C[C@H]1C(=O)NCc1cc2c(nc1OC)CN(C1CCCC1)C2=O. The quantitative estimate of drug-likeness (QED) is 0.781. The van der Waals surface area contributed by atoms with Gasteiger partial charge in [0.1, 0.15) is 0 Å². The van der Waals surface area contributed by atoms with Crippen molar-refractivity contribution in [1.82, 2.24) is 15.2 Å². The molecule has 0 spiro atoms. The molecule has 152 valence electrons. The Hall–Kier alpha value is -2.11. The molecule has 1 aliphatic heterocycles. The van der Waals surface area contributed by atoms with Crippen molar-refractivity contribution in [2.75, 3.05) is 7.11 Å². The third kappa shape index (κ3) is 3.16. The first kappa shape index (κ1) is 19.2. The minimum Gasteiger partial charge on any atom is -0.481 e. The van der Waals surface area contributed by atoms with Crippen molar-refractivity contribution in [2.24, 2.45) is 11.3 Å². The number of carbonyl (C=O) groups excluding carboxylic acids is 2. The summed E-state index contributed by atoms with van der Waals surface area (Å²) in [6.07, 6.45) is 7.59. The Balaban J connectivity index is 1.47. The molecule has 1 atom stereocenters. The molecule has 2 heterocycles. The molecule has 1 aromatic rings. The molecule has 2 aliphatic carbocycles. The highest BCUT2D eigenvalue weighted by Crippen LogP contribution is 2.57. The Labute approximate surface area is 167 Å². The zero-order valence-corrected chi connectivity index (χ0v) is 17.2. The Morgan fingerprint density at radius 2 is 2.04 bits per heavy atom. The molecule has 2 amide bonds. The standard InChI is InChI=1S/C22H31N3O3/c1-4-22(5-2)11-17(22)19(26)23-12-14-10-16-18(24-20(14)28-3)13-25(21(16)27)15-8-6-7-9-15/h10,15,17H,4-9,11-13H2,1-3H3,(H,23,26)/t17-/m0/s1. The van der Waals surface area contributed by atoms with E-state index >= 15 is 0 Å². The predicted molar refractivity (Wildman–Crippen MR) is 106 cm³/mol. The van der Waals surface area contributed by atoms with Crippen LogP contribution in [0.3, 0.4) is 0 Å². The number of aromatic nitrogens is 1. The number of pyridine rings is 1. The lowest BCUT2D eigenvalue weighted by molar-refractivity contribution is -0.123. The van der Waals surface area contributed by atoms with Crippen molar-refractivity contribution in [3.63, 3.8) is 0 Å². The fourth-order valence-corrected chi connectivity index (χ4v) is 5.14. The number of nitrogens with one attached hydrogen (secondary N) is 1. The number of carbonyl (C=O) groups is 2. The number of methoxy groups -OCH3 is 1. The Kier molecular flexibility index (Phi) is 5.06. The third-order valence-electron chi connectivity index (χ3n) is 7.28. The molecule has 0 radical (unpaired) electrons. The van der Waals surface area contributed by atoms with Crippen molar-refractivity contribution >= 4 is 11.8 Å². The summed E-state index contributed by atoms with van der Waals surface area (Å²) in [6, 6.07) is 2.21. The molecular formula is C22H31N3O3. The van der Waals surface area contributed by atoms with E-state index in [2.05, 4.69) is 24.1 Å². The van der Waals surface area contributed by atoms with Gasteiger partial charge in [-0.1, -0.05) is 26.7 Å². The molecule has 0 saturated heterocycles. The van der Waals surface area contributed by atoms with Crippen LogP contribution in [-0.4, -0.2) is 34.8 Å². The van der Waals surface area contributed by atoms with Crippen LogP contribution in [0, 0.1) is 11.3 Å². The molecule has 28 heavy (non-hydrogen) atoms. The van der Waals surface area contributed by atoms with Crippen LogP contribution in [0.2, 0.25) is 0 Å². The first-order chi connectivity index (χ1) is 13.5. The lowest BCUT2D eigenvalue weighted by Gasteiger charge is -2.22. The zero-order valence-electron chi connectivity index (χ0n) is 17.2. The molecule has 6 heteroatoms. The number of hydrogen-bond donors (Lipinski definition) is 1. The van der Waals surface area contributed by atoms with E-state index in [9.17, 15) is 9.59 Å². The van der Waals surface area contributed by atoms with Crippen LogP contribution >= 0.6 is 0 Å². The Morgan fingerprint density at radius 3 is 2.64 bits per heavy atom. The van der Waals surface area contributed by atoms with Crippen LogP contribution < -0.4 is 10.1 Å². The maximum atomic E-state index is 12.9. The fourth-order valence-electron chi connectivity index (χ4n) is 5.14. The van der Waals surface area contributed by atoms with Crippen LogP contribution in [0.4, 0.5) is 0 Å². The summed E-state index contributed by atoms with van der Waals surface area (Å²) in [4.78, 5) is 32.1. The molecule has 0 unspecified atom stereocenters. The van der Waals surface area contributed by atoms with Gasteiger partial charge in [-0.3, -0.25) is 9.59 Å². The Morgan fingerprint density at radius 1 is 1.32 bits per heavy atom. The average molecular weight is 386 g/mol. The monoisotopic (exact) mass is 385 g/mol. The maximum absolute atomic E-state index is 12.9. The largest absolute Gasteiger partial charge is 0.481 e. The molecule has 2 fully saturated rings. The molecule has 1 N–H and O–H groups in total. The van der Waals surface area contributed by atoms with Crippen molar-refractivity contribution < 1.29 is 14.3 Å². The molecule has 3 aliphatic rings. The lowest BCUT2D eigenvalue weighted by atomic mass is 9.97. The van der Waals surface area contributed by atoms with E-state index in [0.717, 1.165) is 43.4 Å². The van der Waals surface area contributed by atoms with Gasteiger partial charge in [-0.15, -0.1) is 0 Å². The van der Waals surface area contributed by atoms with Gasteiger partial charge in [-0.05, 0) is 43.6 Å². The van der Waals surface area contributed by atoms with Gasteiger partial charge in [0.25, 0.3) is 5.91 Å². The number of ether oxygens (including phenoxy) is 1. The van der Waals surface area contributed by atoms with E-state index in [4.69, 9.17) is 4.74 Å². The van der Waals surface area contributed by atoms with Gasteiger partial charge in [-0.2, -0.15) is 0 Å². The van der Waals surface area contributed by atoms with Gasteiger partial charge < -0.3 is 15.0 Å². The normalized spacial score (nSPS) is 23.0. The minimum atomic E-state index is 0.0720. The summed E-state index contributed by atoms with van der Waals surface area (Å²) < 4.78 is 5.47. The van der Waals surface area contributed by atoms with Crippen LogP contribution in [0.5, 0.6) is 5.88 Å². The van der Waals surface area contributed by atoms with Crippen molar-refractivity contribution in [1.29, 1.82) is 0 Å². The topological polar surface area (TPSA) is 71.5 Å². The lowest BCUT2D eigenvalue weighted by Crippen LogP contribution is -2.33. The summed E-state index contributed by atoms with van der Waals surface area (Å²) in [5.74, 6) is 0.788. The zero-order chi connectivity index (χ0) is 19.9. The summed E-state index contributed by atoms with van der Waals surface area (Å²) in [7, 11) is 1.59. The molecule has 2 saturated carbocycles.